The number of hydrogen-bond acceptors (Lipinski definition) is 5. The third kappa shape index (κ3) is 3.01. The maximum Gasteiger partial charge on any atom is 0.322 e. The quantitative estimate of drug-likeness (QED) is 0.597. The Labute approximate surface area is 103 Å². The van der Waals surface area contributed by atoms with Crippen molar-refractivity contribution in [3.8, 4) is 12.0 Å². The molecule has 2 rings (SSSR count). The monoisotopic (exact) mass is 251 g/mol. The molecule has 2 aromatic rings. The van der Waals surface area contributed by atoms with Crippen LogP contribution in [0.25, 0.3) is 5.95 Å². The molecule has 0 aliphatic heterocycles. The second-order valence-corrected chi connectivity index (χ2v) is 3.42. The van der Waals surface area contributed by atoms with E-state index in [2.05, 4.69) is 26.5 Å². The molecule has 17 heavy (non-hydrogen) atoms. The van der Waals surface area contributed by atoms with E-state index < -0.39 is 0 Å². The SMILES string of the molecule is C=CCCOc1nc(Cl)nc(-n2ccnc2)n1. The third-order valence-electron chi connectivity index (χ3n) is 1.86. The molecule has 0 unspecified atom stereocenters. The zero-order chi connectivity index (χ0) is 12.1. The molecular weight excluding hydrogens is 242 g/mol. The van der Waals surface area contributed by atoms with Crippen molar-refractivity contribution in [2.45, 2.75) is 6.42 Å². The second kappa shape index (κ2) is 5.40. The molecule has 0 N–H and O–H groups in total. The van der Waals surface area contributed by atoms with Crippen LogP contribution >= 0.6 is 11.6 Å². The summed E-state index contributed by atoms with van der Waals surface area (Å²) < 4.78 is 6.93. The maximum atomic E-state index is 5.78. The zero-order valence-corrected chi connectivity index (χ0v) is 9.71. The Balaban J connectivity index is 2.20. The number of rotatable bonds is 5. The highest BCUT2D eigenvalue weighted by Gasteiger charge is 2.07. The summed E-state index contributed by atoms with van der Waals surface area (Å²) in [5.41, 5.74) is 0. The van der Waals surface area contributed by atoms with Crippen LogP contribution in [0.15, 0.2) is 31.4 Å². The number of nitrogens with zero attached hydrogens (tertiary/aromatic N) is 5. The smallest absolute Gasteiger partial charge is 0.322 e. The van der Waals surface area contributed by atoms with E-state index >= 15 is 0 Å². The fourth-order valence-corrected chi connectivity index (χ4v) is 1.26. The lowest BCUT2D eigenvalue weighted by Gasteiger charge is -2.05. The van der Waals surface area contributed by atoms with E-state index in [9.17, 15) is 0 Å². The van der Waals surface area contributed by atoms with Crippen molar-refractivity contribution in [1.82, 2.24) is 24.5 Å². The molecule has 0 aromatic carbocycles. The largest absolute Gasteiger partial charge is 0.463 e. The zero-order valence-electron chi connectivity index (χ0n) is 8.95. The summed E-state index contributed by atoms with van der Waals surface area (Å²) in [5, 5.41) is 0.0808. The number of hydrogen-bond donors (Lipinski definition) is 0. The van der Waals surface area contributed by atoms with Gasteiger partial charge in [0.05, 0.1) is 6.61 Å². The van der Waals surface area contributed by atoms with Crippen molar-refractivity contribution in [1.29, 1.82) is 0 Å². The Morgan fingerprint density at radius 1 is 1.41 bits per heavy atom. The van der Waals surface area contributed by atoms with Crippen LogP contribution < -0.4 is 4.74 Å². The molecule has 2 aromatic heterocycles. The van der Waals surface area contributed by atoms with Crippen LogP contribution in [0.3, 0.4) is 0 Å². The van der Waals surface area contributed by atoms with Gasteiger partial charge in [0.15, 0.2) is 0 Å². The Bertz CT molecular complexity index is 499. The molecule has 0 aliphatic carbocycles. The molecule has 6 nitrogen and oxygen atoms in total. The first-order valence-corrected chi connectivity index (χ1v) is 5.31. The van der Waals surface area contributed by atoms with E-state index in [1.165, 1.54) is 0 Å². The van der Waals surface area contributed by atoms with Crippen LogP contribution in [-0.2, 0) is 0 Å². The first-order chi connectivity index (χ1) is 8.29. The van der Waals surface area contributed by atoms with Crippen molar-refractivity contribution in [2.24, 2.45) is 0 Å². The lowest BCUT2D eigenvalue weighted by molar-refractivity contribution is 0.297. The Morgan fingerprint density at radius 3 is 3.00 bits per heavy atom. The van der Waals surface area contributed by atoms with Gasteiger partial charge in [-0.15, -0.1) is 6.58 Å². The predicted molar refractivity (Wildman–Crippen MR) is 62.3 cm³/mol. The van der Waals surface area contributed by atoms with Gasteiger partial charge in [0.2, 0.25) is 11.2 Å². The molecule has 0 fully saturated rings. The second-order valence-electron chi connectivity index (χ2n) is 3.08. The van der Waals surface area contributed by atoms with Crippen molar-refractivity contribution >= 4 is 11.6 Å². The van der Waals surface area contributed by atoms with Gasteiger partial charge < -0.3 is 4.74 Å². The van der Waals surface area contributed by atoms with E-state index in [0.717, 1.165) is 0 Å². The van der Waals surface area contributed by atoms with Crippen LogP contribution in [0, 0.1) is 0 Å². The van der Waals surface area contributed by atoms with Crippen molar-refractivity contribution in [3.63, 3.8) is 0 Å². The Morgan fingerprint density at radius 2 is 2.29 bits per heavy atom. The van der Waals surface area contributed by atoms with Crippen LogP contribution in [-0.4, -0.2) is 31.1 Å². The molecule has 0 atom stereocenters. The third-order valence-corrected chi connectivity index (χ3v) is 2.03. The molecule has 0 spiro atoms. The molecule has 0 saturated heterocycles. The average molecular weight is 252 g/mol. The summed E-state index contributed by atoms with van der Waals surface area (Å²) in [6, 6.07) is 0.190. The van der Waals surface area contributed by atoms with Gasteiger partial charge in [-0.1, -0.05) is 6.08 Å². The van der Waals surface area contributed by atoms with Crippen LogP contribution in [0.2, 0.25) is 5.28 Å². The van der Waals surface area contributed by atoms with E-state index in [1.54, 1.807) is 29.4 Å². The minimum absolute atomic E-state index is 0.0808. The normalized spacial score (nSPS) is 10.2. The lowest BCUT2D eigenvalue weighted by Crippen LogP contribution is -2.06. The summed E-state index contributed by atoms with van der Waals surface area (Å²) in [4.78, 5) is 15.8. The van der Waals surface area contributed by atoms with Crippen molar-refractivity contribution in [3.05, 3.63) is 36.7 Å². The number of ether oxygens (including phenoxy) is 1. The first-order valence-electron chi connectivity index (χ1n) is 4.93. The molecule has 0 saturated carbocycles. The Kier molecular flexibility index (Phi) is 3.66. The van der Waals surface area contributed by atoms with E-state index in [4.69, 9.17) is 16.3 Å². The van der Waals surface area contributed by atoms with Crippen LogP contribution in [0.4, 0.5) is 0 Å². The summed E-state index contributed by atoms with van der Waals surface area (Å²) in [6.45, 7) is 4.05. The maximum absolute atomic E-state index is 5.78. The number of aromatic nitrogens is 5. The minimum Gasteiger partial charge on any atom is -0.463 e. The van der Waals surface area contributed by atoms with E-state index in [0.29, 0.717) is 19.0 Å². The van der Waals surface area contributed by atoms with Gasteiger partial charge in [-0.3, -0.25) is 4.57 Å². The highest BCUT2D eigenvalue weighted by Crippen LogP contribution is 2.11. The average Bonchev–Trinajstić information content (AvgIpc) is 2.82. The van der Waals surface area contributed by atoms with Crippen LogP contribution in [0.5, 0.6) is 6.01 Å². The molecule has 0 amide bonds. The topological polar surface area (TPSA) is 65.7 Å². The van der Waals surface area contributed by atoms with Gasteiger partial charge in [-0.05, 0) is 18.0 Å². The summed E-state index contributed by atoms with van der Waals surface area (Å²) in [6.07, 6.45) is 7.36. The Hall–Kier alpha value is -1.95. The first kappa shape index (κ1) is 11.5. The molecule has 0 aliphatic rings. The number of halogens is 1. The van der Waals surface area contributed by atoms with Gasteiger partial charge in [-0.2, -0.15) is 15.0 Å². The predicted octanol–water partition coefficient (Wildman–Crippen LogP) is 1.67. The van der Waals surface area contributed by atoms with Crippen molar-refractivity contribution in [2.75, 3.05) is 6.61 Å². The summed E-state index contributed by atoms with van der Waals surface area (Å²) in [5.74, 6) is 0.371. The fraction of sp³-hybridized carbons (Fsp3) is 0.200. The van der Waals surface area contributed by atoms with E-state index in [-0.39, 0.29) is 11.3 Å². The molecular formula is C10H10ClN5O. The van der Waals surface area contributed by atoms with Gasteiger partial charge in [-0.25, -0.2) is 4.98 Å². The molecule has 7 heteroatoms. The summed E-state index contributed by atoms with van der Waals surface area (Å²) in [7, 11) is 0. The van der Waals surface area contributed by atoms with Gasteiger partial charge in [0.1, 0.15) is 6.33 Å². The van der Waals surface area contributed by atoms with Crippen LogP contribution in [0.1, 0.15) is 6.42 Å². The summed E-state index contributed by atoms with van der Waals surface area (Å²) >= 11 is 5.78. The highest BCUT2D eigenvalue weighted by atomic mass is 35.5. The van der Waals surface area contributed by atoms with Crippen molar-refractivity contribution < 1.29 is 4.74 Å². The molecule has 0 radical (unpaired) electrons. The molecule has 88 valence electrons. The standard InChI is InChI=1S/C10H10ClN5O/c1-2-3-6-17-10-14-8(11)13-9(15-10)16-5-4-12-7-16/h2,4-5,7H,1,3,6H2. The lowest BCUT2D eigenvalue weighted by atomic mass is 10.5. The van der Waals surface area contributed by atoms with Gasteiger partial charge in [0, 0.05) is 12.4 Å². The number of imidazole rings is 1. The molecule has 2 heterocycles. The minimum atomic E-state index is 0.0808. The highest BCUT2D eigenvalue weighted by molar-refractivity contribution is 6.28. The fourth-order valence-electron chi connectivity index (χ4n) is 1.11. The van der Waals surface area contributed by atoms with Gasteiger partial charge >= 0.3 is 6.01 Å². The van der Waals surface area contributed by atoms with Gasteiger partial charge in [0.25, 0.3) is 0 Å². The molecule has 0 bridgehead atoms. The van der Waals surface area contributed by atoms with E-state index in [1.807, 2.05) is 0 Å².